The highest BCUT2D eigenvalue weighted by atomic mass is 16.5. The highest BCUT2D eigenvalue weighted by molar-refractivity contribution is 5.71. The van der Waals surface area contributed by atoms with Gasteiger partial charge in [0, 0.05) is 7.11 Å². The van der Waals surface area contributed by atoms with E-state index in [4.69, 9.17) is 20.7 Å². The maximum atomic E-state index is 10.6. The predicted octanol–water partition coefficient (Wildman–Crippen LogP) is 5.73. The van der Waals surface area contributed by atoms with Gasteiger partial charge in [0.2, 0.25) is 0 Å². The summed E-state index contributed by atoms with van der Waals surface area (Å²) in [6.07, 6.45) is 10.1. The number of para-hydroxylation sites is 1. The van der Waals surface area contributed by atoms with Crippen LogP contribution >= 0.6 is 0 Å². The van der Waals surface area contributed by atoms with Crippen molar-refractivity contribution in [2.45, 2.75) is 61.8 Å². The summed E-state index contributed by atoms with van der Waals surface area (Å²) in [7, 11) is 1.00. The van der Waals surface area contributed by atoms with Gasteiger partial charge in [-0.15, -0.1) is 0 Å². The molecular weight excluding hydrogens is 366 g/mol. The highest BCUT2D eigenvalue weighted by Crippen LogP contribution is 2.07. The number of nitrogens with two attached hydrogens (primary N) is 1. The Hall–Kier alpha value is -2.11. The van der Waals surface area contributed by atoms with Crippen LogP contribution in [0.1, 0.15) is 61.8 Å². The molecule has 0 aromatic heterocycles. The van der Waals surface area contributed by atoms with E-state index in [2.05, 4.69) is 13.8 Å². The fraction of sp³-hybridized carbons (Fsp3) is 0.542. The fourth-order valence-electron chi connectivity index (χ4n) is 1.44. The second-order valence-corrected chi connectivity index (χ2v) is 4.96. The number of aliphatic hydroxyl groups excluding tert-OH is 1. The second kappa shape index (κ2) is 36.8. The lowest BCUT2D eigenvalue weighted by atomic mass is 10.1. The molecule has 172 valence electrons. The molecule has 0 aliphatic heterocycles. The number of aromatic hydroxyl groups is 1. The Bertz CT molecular complexity index is 431. The van der Waals surface area contributed by atoms with Crippen LogP contribution in [0.15, 0.2) is 54.6 Å². The molecule has 5 nitrogen and oxygen atoms in total. The lowest BCUT2D eigenvalue weighted by Crippen LogP contribution is -2.20. The minimum Gasteiger partial charge on any atom is -0.508 e. The minimum atomic E-state index is -0.308. The molecule has 0 saturated carbocycles. The summed E-state index contributed by atoms with van der Waals surface area (Å²) < 4.78 is 4.87. The number of carbonyl (C=O) groups is 1. The molecule has 0 radical (unpaired) electrons. The van der Waals surface area contributed by atoms with Crippen molar-refractivity contribution < 1.29 is 19.7 Å². The third-order valence-electron chi connectivity index (χ3n) is 3.05. The Morgan fingerprint density at radius 3 is 1.69 bits per heavy atom. The summed E-state index contributed by atoms with van der Waals surface area (Å²) in [5.41, 5.74) is 5.07. The number of rotatable bonds is 6. The number of esters is 1. The third-order valence-corrected chi connectivity index (χ3v) is 3.05. The first-order chi connectivity index (χ1) is 13.5. The van der Waals surface area contributed by atoms with E-state index in [9.17, 15) is 4.79 Å². The molecule has 0 bridgehead atoms. The average Bonchev–Trinajstić information content (AvgIpc) is 2.77. The van der Waals surface area contributed by atoms with Crippen LogP contribution in [0.3, 0.4) is 0 Å². The van der Waals surface area contributed by atoms with E-state index in [1.165, 1.54) is 0 Å². The molecular formula is C24H47NO4. The predicted molar refractivity (Wildman–Crippen MR) is 128 cm³/mol. The lowest BCUT2D eigenvalue weighted by Gasteiger charge is -2.11. The van der Waals surface area contributed by atoms with Gasteiger partial charge in [-0.1, -0.05) is 90.5 Å². The summed E-state index contributed by atoms with van der Waals surface area (Å²) in [6.45, 7) is 12.7. The van der Waals surface area contributed by atoms with Crippen molar-refractivity contribution in [3.05, 3.63) is 54.6 Å². The first-order valence-corrected chi connectivity index (χ1v) is 9.83. The number of aliphatic hydroxyl groups is 1. The van der Waals surface area contributed by atoms with Crippen molar-refractivity contribution in [2.24, 2.45) is 11.7 Å². The normalized spacial score (nSPS) is 8.76. The van der Waals surface area contributed by atoms with E-state index >= 15 is 0 Å². The van der Waals surface area contributed by atoms with Gasteiger partial charge in [-0.3, -0.25) is 4.79 Å². The molecule has 1 aromatic carbocycles. The van der Waals surface area contributed by atoms with Crippen molar-refractivity contribution >= 4 is 5.97 Å². The molecule has 0 heterocycles. The molecule has 1 rings (SSSR count). The van der Waals surface area contributed by atoms with Crippen LogP contribution in [0, 0.1) is 5.92 Å². The van der Waals surface area contributed by atoms with Gasteiger partial charge in [0.05, 0.1) is 13.2 Å². The third kappa shape index (κ3) is 37.4. The summed E-state index contributed by atoms with van der Waals surface area (Å²) in [6, 6.07) is 8.71. The lowest BCUT2D eigenvalue weighted by molar-refractivity contribution is -0.143. The number of hydrogen-bond donors (Lipinski definition) is 3. The maximum absolute atomic E-state index is 10.6. The largest absolute Gasteiger partial charge is 0.508 e. The van der Waals surface area contributed by atoms with Gasteiger partial charge in [0.1, 0.15) is 5.75 Å². The van der Waals surface area contributed by atoms with E-state index in [0.29, 0.717) is 18.3 Å². The second-order valence-electron chi connectivity index (χ2n) is 4.96. The molecule has 0 spiro atoms. The summed E-state index contributed by atoms with van der Waals surface area (Å²) in [4.78, 5) is 10.6. The number of benzene rings is 1. The van der Waals surface area contributed by atoms with Gasteiger partial charge in [-0.05, 0) is 31.9 Å². The van der Waals surface area contributed by atoms with E-state index < -0.39 is 0 Å². The molecule has 0 fully saturated rings. The van der Waals surface area contributed by atoms with Gasteiger partial charge in [0.25, 0.3) is 0 Å². The molecule has 0 aliphatic carbocycles. The van der Waals surface area contributed by atoms with Gasteiger partial charge in [-0.25, -0.2) is 0 Å². The van der Waals surface area contributed by atoms with Crippen LogP contribution in [0.5, 0.6) is 5.75 Å². The Kier molecular flexibility index (Phi) is 47.7. The Labute approximate surface area is 180 Å². The first kappa shape index (κ1) is 37.6. The zero-order chi connectivity index (χ0) is 22.6. The quantitative estimate of drug-likeness (QED) is 0.409. The molecule has 0 aliphatic rings. The average molecular weight is 414 g/mol. The molecule has 0 amide bonds. The van der Waals surface area contributed by atoms with E-state index in [1.54, 1.807) is 24.3 Å². The Balaban J connectivity index is -0.0000000932. The van der Waals surface area contributed by atoms with Crippen molar-refractivity contribution in [3.63, 3.8) is 0 Å². The fourth-order valence-corrected chi connectivity index (χ4v) is 1.44. The van der Waals surface area contributed by atoms with Crippen LogP contribution in [0.25, 0.3) is 0 Å². The molecule has 0 unspecified atom stereocenters. The topological polar surface area (TPSA) is 92.8 Å². The molecule has 5 heteroatoms. The maximum Gasteiger partial charge on any atom is 0.319 e. The molecule has 1 aromatic rings. The van der Waals surface area contributed by atoms with Gasteiger partial charge in [-0.2, -0.15) is 0 Å². The van der Waals surface area contributed by atoms with Crippen molar-refractivity contribution in [3.8, 4) is 5.75 Å². The summed E-state index contributed by atoms with van der Waals surface area (Å²) >= 11 is 0. The number of phenols is 1. The molecule has 0 saturated heterocycles. The van der Waals surface area contributed by atoms with Gasteiger partial charge >= 0.3 is 5.97 Å². The number of allylic oxidation sites excluding steroid dienone is 4. The number of hydrogen-bond acceptors (Lipinski definition) is 5. The Morgan fingerprint density at radius 1 is 1.03 bits per heavy atom. The van der Waals surface area contributed by atoms with E-state index in [0.717, 1.165) is 20.0 Å². The van der Waals surface area contributed by atoms with Crippen LogP contribution in [-0.2, 0) is 9.53 Å². The standard InChI is InChI=1S/C8H17NO2.C6H6O.C6H10.C2H6.CH4O.CH4/c1-3-7(4-2)6-11-8(10)5-9;7-6-4-2-1-3-5-6;1-3-5-6-4-2;2*1-2;/h7H,3-6,9H2,1-2H3;1-5,7H;3-6H,1-2H3;1-2H3;2H,1H3;1H4/b;;5-3-,6-4-;;;. The van der Waals surface area contributed by atoms with E-state index in [1.807, 2.05) is 58.1 Å². The smallest absolute Gasteiger partial charge is 0.319 e. The summed E-state index contributed by atoms with van der Waals surface area (Å²) in [5.74, 6) is 0.505. The van der Waals surface area contributed by atoms with Crippen molar-refractivity contribution in [1.82, 2.24) is 0 Å². The highest BCUT2D eigenvalue weighted by Gasteiger charge is 2.05. The first-order valence-electron chi connectivity index (χ1n) is 9.83. The summed E-state index contributed by atoms with van der Waals surface area (Å²) in [5, 5.41) is 15.6. The molecule has 29 heavy (non-hydrogen) atoms. The van der Waals surface area contributed by atoms with Crippen molar-refractivity contribution in [1.29, 1.82) is 0 Å². The molecule has 0 atom stereocenters. The number of carbonyl (C=O) groups excluding carboxylic acids is 1. The monoisotopic (exact) mass is 413 g/mol. The zero-order valence-electron chi connectivity index (χ0n) is 18.9. The van der Waals surface area contributed by atoms with Gasteiger partial charge in [0.15, 0.2) is 0 Å². The Morgan fingerprint density at radius 2 is 1.45 bits per heavy atom. The van der Waals surface area contributed by atoms with E-state index in [-0.39, 0.29) is 19.9 Å². The van der Waals surface area contributed by atoms with Crippen LogP contribution < -0.4 is 5.73 Å². The zero-order valence-corrected chi connectivity index (χ0v) is 18.9. The number of ether oxygens (including phenoxy) is 1. The minimum absolute atomic E-state index is 0. The number of phenolic OH excluding ortho intramolecular Hbond substituents is 1. The van der Waals surface area contributed by atoms with Crippen LogP contribution in [0.4, 0.5) is 0 Å². The van der Waals surface area contributed by atoms with Crippen LogP contribution in [-0.4, -0.2) is 36.4 Å². The van der Waals surface area contributed by atoms with Gasteiger partial charge < -0.3 is 20.7 Å². The van der Waals surface area contributed by atoms with Crippen molar-refractivity contribution in [2.75, 3.05) is 20.3 Å². The SMILES string of the molecule is C.C/C=C\C=C/C.CC.CCC(CC)COC(=O)CN.CO.Oc1ccccc1. The van der Waals surface area contributed by atoms with Crippen LogP contribution in [0.2, 0.25) is 0 Å². The molecule has 4 N–H and O–H groups in total.